The highest BCUT2D eigenvalue weighted by Crippen LogP contribution is 2.38. The highest BCUT2D eigenvalue weighted by molar-refractivity contribution is 9.10. The predicted octanol–water partition coefficient (Wildman–Crippen LogP) is -1.97. The summed E-state index contributed by atoms with van der Waals surface area (Å²) in [5.41, 5.74) is -1.57. The Labute approximate surface area is 130 Å². The lowest BCUT2D eigenvalue weighted by Gasteiger charge is -2.17. The van der Waals surface area contributed by atoms with Gasteiger partial charge >= 0.3 is 13.5 Å². The molecule has 0 amide bonds. The maximum atomic E-state index is 11.7. The van der Waals surface area contributed by atoms with E-state index in [0.717, 1.165) is 10.8 Å². The van der Waals surface area contributed by atoms with Crippen LogP contribution in [0.3, 0.4) is 0 Å². The number of aliphatic hydroxyl groups excluding tert-OH is 2. The number of nitrogens with zero attached hydrogens (tertiary/aromatic N) is 1. The maximum absolute atomic E-state index is 11.7. The number of aliphatic hydroxyl groups is 2. The second-order valence-corrected chi connectivity index (χ2v) is 6.57. The summed E-state index contributed by atoms with van der Waals surface area (Å²) in [6.45, 7) is -0.696. The Bertz CT molecular complexity index is 712. The zero-order valence-corrected chi connectivity index (χ0v) is 13.2. The molecule has 0 radical (unpaired) electrons. The average molecular weight is 405 g/mol. The number of nitrogens with one attached hydrogen (secondary N) is 1. The van der Waals surface area contributed by atoms with Crippen molar-refractivity contribution in [2.24, 2.45) is 0 Å². The van der Waals surface area contributed by atoms with Gasteiger partial charge in [0.25, 0.3) is 5.56 Å². The molecule has 2 rings (SSSR count). The second kappa shape index (κ2) is 6.34. The van der Waals surface area contributed by atoms with Gasteiger partial charge in [-0.2, -0.15) is 0 Å². The summed E-state index contributed by atoms with van der Waals surface area (Å²) in [5, 5.41) is 19.7. The van der Waals surface area contributed by atoms with E-state index in [1.807, 2.05) is 4.98 Å². The Morgan fingerprint density at radius 1 is 1.45 bits per heavy atom. The van der Waals surface area contributed by atoms with Crippen LogP contribution in [0.15, 0.2) is 20.3 Å². The minimum absolute atomic E-state index is 0.00712. The van der Waals surface area contributed by atoms with E-state index in [4.69, 9.17) is 14.5 Å². The van der Waals surface area contributed by atoms with E-state index in [0.29, 0.717) is 0 Å². The largest absolute Gasteiger partial charge is 0.469 e. The first-order chi connectivity index (χ1) is 10.1. The van der Waals surface area contributed by atoms with Gasteiger partial charge in [-0.05, 0) is 15.9 Å². The molecule has 13 heteroatoms. The third-order valence-electron chi connectivity index (χ3n) is 2.94. The summed E-state index contributed by atoms with van der Waals surface area (Å²) < 4.78 is 20.9. The second-order valence-electron chi connectivity index (χ2n) is 4.48. The van der Waals surface area contributed by atoms with E-state index >= 15 is 0 Å². The molecule has 1 aliphatic heterocycles. The molecule has 124 valence electrons. The molecule has 4 atom stereocenters. The van der Waals surface area contributed by atoms with E-state index in [2.05, 4.69) is 20.5 Å². The topological polar surface area (TPSA) is 171 Å². The number of ether oxygens (including phenoxy) is 1. The molecule has 0 saturated carbocycles. The van der Waals surface area contributed by atoms with E-state index in [1.54, 1.807) is 0 Å². The first kappa shape index (κ1) is 17.5. The third-order valence-corrected chi connectivity index (χ3v) is 3.99. The molecule has 1 aromatic rings. The molecule has 1 aliphatic rings. The number of aromatic nitrogens is 2. The minimum Gasteiger partial charge on any atom is -0.387 e. The normalized spacial score (nSPS) is 29.0. The number of hydrogen-bond donors (Lipinski definition) is 5. The monoisotopic (exact) mass is 404 g/mol. The summed E-state index contributed by atoms with van der Waals surface area (Å²) >= 11 is 2.90. The van der Waals surface area contributed by atoms with Crippen molar-refractivity contribution in [2.45, 2.75) is 24.5 Å². The molecular formula is C9H12BrN2O9P. The van der Waals surface area contributed by atoms with Gasteiger partial charge in [0, 0.05) is 6.20 Å². The molecule has 0 aromatic carbocycles. The van der Waals surface area contributed by atoms with Gasteiger partial charge in [-0.15, -0.1) is 0 Å². The van der Waals surface area contributed by atoms with Gasteiger partial charge in [0.1, 0.15) is 18.3 Å². The summed E-state index contributed by atoms with van der Waals surface area (Å²) in [4.78, 5) is 42.2. The van der Waals surface area contributed by atoms with Gasteiger partial charge in [0.05, 0.1) is 11.1 Å². The molecule has 11 nitrogen and oxygen atoms in total. The van der Waals surface area contributed by atoms with Crippen LogP contribution in [0.2, 0.25) is 0 Å². The quantitative estimate of drug-likeness (QED) is 0.281. The minimum atomic E-state index is -4.78. The Morgan fingerprint density at radius 3 is 2.68 bits per heavy atom. The Balaban J connectivity index is 2.23. The van der Waals surface area contributed by atoms with Gasteiger partial charge in [0.15, 0.2) is 6.23 Å². The fraction of sp³-hybridized carbons (Fsp3) is 0.556. The molecule has 1 aromatic heterocycles. The molecule has 22 heavy (non-hydrogen) atoms. The summed E-state index contributed by atoms with van der Waals surface area (Å²) in [6.07, 6.45) is -4.69. The van der Waals surface area contributed by atoms with Crippen LogP contribution in [0.5, 0.6) is 0 Å². The number of phosphoric acid groups is 1. The van der Waals surface area contributed by atoms with Crippen LogP contribution in [0, 0.1) is 0 Å². The SMILES string of the molecule is O=c1[nH]c(=[18O])n([C@@H]2O[C@H](COP(=O)(O)O)[C@@H](O)[C@H]2O)cc1Br. The number of H-pyrrole nitrogens is 1. The van der Waals surface area contributed by atoms with Crippen molar-refractivity contribution >= 4 is 23.8 Å². The lowest BCUT2D eigenvalue weighted by atomic mass is 10.1. The van der Waals surface area contributed by atoms with E-state index in [1.165, 1.54) is 0 Å². The molecule has 1 fully saturated rings. The third kappa shape index (κ3) is 3.73. The lowest BCUT2D eigenvalue weighted by molar-refractivity contribution is -0.0544. The average Bonchev–Trinajstić information content (AvgIpc) is 2.68. The number of halogens is 1. The molecule has 0 spiro atoms. The highest BCUT2D eigenvalue weighted by Gasteiger charge is 2.45. The van der Waals surface area contributed by atoms with Crippen molar-refractivity contribution in [3.63, 3.8) is 0 Å². The molecule has 2 heterocycles. The molecule has 0 unspecified atom stereocenters. The zero-order chi connectivity index (χ0) is 16.7. The van der Waals surface area contributed by atoms with E-state index < -0.39 is 50.2 Å². The van der Waals surface area contributed by atoms with Gasteiger partial charge in [0.2, 0.25) is 0 Å². The molecule has 5 N–H and O–H groups in total. The molecular weight excluding hydrogens is 393 g/mol. The van der Waals surface area contributed by atoms with Crippen molar-refractivity contribution in [1.82, 2.24) is 9.55 Å². The van der Waals surface area contributed by atoms with Crippen LogP contribution in [0.25, 0.3) is 0 Å². The molecule has 0 bridgehead atoms. The smallest absolute Gasteiger partial charge is 0.387 e. The van der Waals surface area contributed by atoms with Crippen LogP contribution < -0.4 is 11.2 Å². The van der Waals surface area contributed by atoms with Crippen molar-refractivity contribution in [1.29, 1.82) is 0 Å². The Hall–Kier alpha value is -0.850. The summed E-state index contributed by atoms with van der Waals surface area (Å²) in [6, 6.07) is 0. The first-order valence-corrected chi connectivity index (χ1v) is 8.15. The first-order valence-electron chi connectivity index (χ1n) is 5.83. The van der Waals surface area contributed by atoms with Crippen molar-refractivity contribution in [2.75, 3.05) is 6.61 Å². The fourth-order valence-corrected chi connectivity index (χ4v) is 2.58. The van der Waals surface area contributed by atoms with Crippen LogP contribution in [-0.4, -0.2) is 54.5 Å². The van der Waals surface area contributed by atoms with Gasteiger partial charge < -0.3 is 24.7 Å². The zero-order valence-electron chi connectivity index (χ0n) is 10.7. The number of phosphoric ester groups is 1. The van der Waals surface area contributed by atoms with Gasteiger partial charge in [-0.3, -0.25) is 18.9 Å². The lowest BCUT2D eigenvalue weighted by Crippen LogP contribution is -2.38. The van der Waals surface area contributed by atoms with Crippen LogP contribution >= 0.6 is 23.8 Å². The van der Waals surface area contributed by atoms with Crippen molar-refractivity contribution in [3.05, 3.63) is 31.5 Å². The van der Waals surface area contributed by atoms with E-state index in [9.17, 15) is 24.4 Å². The number of rotatable bonds is 4. The highest BCUT2D eigenvalue weighted by atomic mass is 79.9. The predicted molar refractivity (Wildman–Crippen MR) is 72.9 cm³/mol. The Kier molecular flexibility index (Phi) is 5.04. The van der Waals surface area contributed by atoms with Crippen molar-refractivity contribution < 1.29 is 33.8 Å². The number of aromatic amines is 1. The maximum Gasteiger partial charge on any atom is 0.469 e. The molecule has 0 aliphatic carbocycles. The summed E-state index contributed by atoms with van der Waals surface area (Å²) in [7, 11) is -4.78. The Morgan fingerprint density at radius 2 is 2.09 bits per heavy atom. The van der Waals surface area contributed by atoms with E-state index in [-0.39, 0.29) is 4.47 Å². The standard InChI is InChI=1S/C9H12BrN2O9P/c10-3-1-12(9(16)11-7(3)15)8-6(14)5(13)4(21-8)2-20-22(17,18)19/h1,4-6,8,13-14H,2H2,(H,11,15,16)(H2,17,18,19)/t4-,5-,6-,8-/m1/s1/i16+2. The van der Waals surface area contributed by atoms with Crippen LogP contribution in [0.4, 0.5) is 0 Å². The van der Waals surface area contributed by atoms with Crippen LogP contribution in [0.1, 0.15) is 6.23 Å². The summed E-state index contributed by atoms with van der Waals surface area (Å²) in [5.74, 6) is 0. The van der Waals surface area contributed by atoms with Gasteiger partial charge in [-0.25, -0.2) is 9.36 Å². The molecule has 1 saturated heterocycles. The van der Waals surface area contributed by atoms with Crippen LogP contribution in [-0.2, 0) is 13.8 Å². The fourth-order valence-electron chi connectivity index (χ4n) is 1.92. The number of hydrogen-bond acceptors (Lipinski definition) is 7. The van der Waals surface area contributed by atoms with Gasteiger partial charge in [-0.1, -0.05) is 0 Å². The van der Waals surface area contributed by atoms with Crippen molar-refractivity contribution in [3.8, 4) is 0 Å².